The SMILES string of the molecule is COc1ncc(F)cc1S(=O)(=O)Cc1cccc(-c2ccc3c(C(=O)O)nn(COCC[Si](C)(C)C)c3c2F)c1F. The number of carboxylic acids is 1. The van der Waals surface area contributed by atoms with E-state index >= 15 is 8.78 Å². The Balaban J connectivity index is 1.75. The summed E-state index contributed by atoms with van der Waals surface area (Å²) in [6, 6.07) is 7.91. The summed E-state index contributed by atoms with van der Waals surface area (Å²) in [5, 5.41) is 13.6. The third kappa shape index (κ3) is 6.44. The van der Waals surface area contributed by atoms with E-state index < -0.39 is 57.7 Å². The molecule has 2 aromatic carbocycles. The largest absolute Gasteiger partial charge is 0.480 e. The minimum Gasteiger partial charge on any atom is -0.480 e. The van der Waals surface area contributed by atoms with Gasteiger partial charge in [0.2, 0.25) is 5.88 Å². The number of halogens is 3. The van der Waals surface area contributed by atoms with Crippen molar-refractivity contribution >= 4 is 34.8 Å². The molecule has 0 aliphatic carbocycles. The highest BCUT2D eigenvalue weighted by atomic mass is 32.2. The van der Waals surface area contributed by atoms with E-state index in [1.54, 1.807) is 0 Å². The Morgan fingerprint density at radius 1 is 1.07 bits per heavy atom. The summed E-state index contributed by atoms with van der Waals surface area (Å²) in [6.07, 6.45) is 0.788. The minimum atomic E-state index is -4.34. The minimum absolute atomic E-state index is 0.00242. The van der Waals surface area contributed by atoms with Crippen LogP contribution in [0.3, 0.4) is 0 Å². The first kappa shape index (κ1) is 30.2. The number of aromatic carboxylic acids is 1. The van der Waals surface area contributed by atoms with E-state index in [4.69, 9.17) is 9.47 Å². The molecule has 0 bridgehead atoms. The van der Waals surface area contributed by atoms with Crippen LogP contribution in [0.5, 0.6) is 5.88 Å². The Bertz CT molecular complexity index is 1740. The van der Waals surface area contributed by atoms with Crippen molar-refractivity contribution in [1.29, 1.82) is 0 Å². The number of aromatic nitrogens is 3. The van der Waals surface area contributed by atoms with Crippen molar-refractivity contribution in [3.8, 4) is 17.0 Å². The number of methoxy groups -OCH3 is 1. The fourth-order valence-corrected chi connectivity index (χ4v) is 6.43. The summed E-state index contributed by atoms with van der Waals surface area (Å²) in [5.74, 6) is -5.50. The summed E-state index contributed by atoms with van der Waals surface area (Å²) in [4.78, 5) is 14.8. The van der Waals surface area contributed by atoms with Gasteiger partial charge in [-0.25, -0.2) is 36.0 Å². The van der Waals surface area contributed by atoms with Crippen molar-refractivity contribution in [3.63, 3.8) is 0 Å². The third-order valence-electron chi connectivity index (χ3n) is 6.29. The van der Waals surface area contributed by atoms with Gasteiger partial charge in [0.05, 0.1) is 19.1 Å². The van der Waals surface area contributed by atoms with Crippen molar-refractivity contribution in [2.75, 3.05) is 13.7 Å². The lowest BCUT2D eigenvalue weighted by Gasteiger charge is -2.15. The maximum Gasteiger partial charge on any atom is 0.357 e. The Labute approximate surface area is 235 Å². The quantitative estimate of drug-likeness (QED) is 0.175. The lowest BCUT2D eigenvalue weighted by atomic mass is 10.00. The number of carbonyl (C=O) groups is 1. The van der Waals surface area contributed by atoms with E-state index in [0.717, 1.165) is 30.1 Å². The van der Waals surface area contributed by atoms with Crippen molar-refractivity contribution in [2.24, 2.45) is 0 Å². The monoisotopic (exact) mass is 607 g/mol. The molecule has 41 heavy (non-hydrogen) atoms. The first-order chi connectivity index (χ1) is 19.2. The molecule has 0 radical (unpaired) electrons. The van der Waals surface area contributed by atoms with Gasteiger partial charge in [0.25, 0.3) is 0 Å². The van der Waals surface area contributed by atoms with Crippen molar-refractivity contribution in [3.05, 3.63) is 71.3 Å². The highest BCUT2D eigenvalue weighted by molar-refractivity contribution is 7.90. The fourth-order valence-electron chi connectivity index (χ4n) is 4.19. The molecule has 9 nitrogen and oxygen atoms in total. The van der Waals surface area contributed by atoms with Crippen LogP contribution in [0.2, 0.25) is 25.7 Å². The molecule has 0 saturated heterocycles. The van der Waals surface area contributed by atoms with Gasteiger partial charge < -0.3 is 14.6 Å². The predicted molar refractivity (Wildman–Crippen MR) is 148 cm³/mol. The van der Waals surface area contributed by atoms with E-state index in [-0.39, 0.29) is 40.2 Å². The molecule has 0 spiro atoms. The Morgan fingerprint density at radius 2 is 1.78 bits per heavy atom. The van der Waals surface area contributed by atoms with Crippen LogP contribution in [-0.4, -0.2) is 56.0 Å². The first-order valence-corrected chi connectivity index (χ1v) is 17.8. The van der Waals surface area contributed by atoms with E-state index in [0.29, 0.717) is 6.61 Å². The highest BCUT2D eigenvalue weighted by Gasteiger charge is 2.27. The molecule has 4 rings (SSSR count). The normalized spacial score (nSPS) is 12.2. The van der Waals surface area contributed by atoms with Crippen molar-refractivity contribution in [1.82, 2.24) is 14.8 Å². The zero-order chi connectivity index (χ0) is 30.1. The number of carboxylic acid groups (broad SMARTS) is 1. The average Bonchev–Trinajstić information content (AvgIpc) is 3.27. The third-order valence-corrected chi connectivity index (χ3v) is 9.65. The highest BCUT2D eigenvalue weighted by Crippen LogP contribution is 2.34. The lowest BCUT2D eigenvalue weighted by Crippen LogP contribution is -2.22. The van der Waals surface area contributed by atoms with Crippen LogP contribution in [0.25, 0.3) is 22.0 Å². The van der Waals surface area contributed by atoms with E-state index in [9.17, 15) is 22.7 Å². The predicted octanol–water partition coefficient (Wildman–Crippen LogP) is 5.51. The molecule has 14 heteroatoms. The average molecular weight is 608 g/mol. The standard InChI is InChI=1S/C27H28F3N3O6SSi/c1-38-26-21(12-17(28)13-31-26)40(36,37)14-16-6-5-7-18(22(16)29)19-8-9-20-24(27(34)35)32-33(25(20)23(19)30)15-39-10-11-41(2,3)4/h5-9,12-13H,10-11,14-15H2,1-4H3,(H,34,35). The molecule has 1 N–H and O–H groups in total. The number of sulfone groups is 1. The molecule has 2 aromatic heterocycles. The molecule has 0 saturated carbocycles. The number of rotatable bonds is 11. The number of hydrogen-bond donors (Lipinski definition) is 1. The second-order valence-electron chi connectivity index (χ2n) is 10.5. The van der Waals surface area contributed by atoms with Gasteiger partial charge in [-0.3, -0.25) is 0 Å². The molecular formula is C27H28F3N3O6SSi. The zero-order valence-corrected chi connectivity index (χ0v) is 24.6. The van der Waals surface area contributed by atoms with Gasteiger partial charge in [-0.1, -0.05) is 43.9 Å². The number of pyridine rings is 1. The molecular weight excluding hydrogens is 579 g/mol. The number of hydrogen-bond acceptors (Lipinski definition) is 7. The number of benzene rings is 2. The van der Waals surface area contributed by atoms with Crippen LogP contribution in [0.1, 0.15) is 16.1 Å². The first-order valence-electron chi connectivity index (χ1n) is 12.4. The van der Waals surface area contributed by atoms with Crippen LogP contribution >= 0.6 is 0 Å². The van der Waals surface area contributed by atoms with Crippen molar-refractivity contribution < 1.29 is 41.0 Å². The van der Waals surface area contributed by atoms with Gasteiger partial charge in [0.1, 0.15) is 28.8 Å². The smallest absolute Gasteiger partial charge is 0.357 e. The molecule has 4 aromatic rings. The molecule has 218 valence electrons. The van der Waals surface area contributed by atoms with Crippen LogP contribution in [0, 0.1) is 17.5 Å². The second-order valence-corrected chi connectivity index (χ2v) is 18.1. The Hall–Kier alpha value is -3.75. The molecule has 0 amide bonds. The number of ether oxygens (including phenoxy) is 2. The maximum atomic E-state index is 16.0. The van der Waals surface area contributed by atoms with Gasteiger partial charge in [-0.15, -0.1) is 0 Å². The molecule has 0 fully saturated rings. The van der Waals surface area contributed by atoms with E-state index in [1.165, 1.54) is 30.3 Å². The van der Waals surface area contributed by atoms with Crippen LogP contribution in [-0.2, 0) is 27.1 Å². The summed E-state index contributed by atoms with van der Waals surface area (Å²) < 4.78 is 83.3. The van der Waals surface area contributed by atoms with Crippen LogP contribution in [0.4, 0.5) is 13.2 Å². The van der Waals surface area contributed by atoms with E-state index in [2.05, 4.69) is 29.7 Å². The van der Waals surface area contributed by atoms with E-state index in [1.807, 2.05) is 0 Å². The zero-order valence-electron chi connectivity index (χ0n) is 22.7. The van der Waals surface area contributed by atoms with Gasteiger partial charge in [-0.05, 0) is 18.2 Å². The number of nitrogens with zero attached hydrogens (tertiary/aromatic N) is 3. The van der Waals surface area contributed by atoms with Gasteiger partial charge in [-0.2, -0.15) is 5.10 Å². The summed E-state index contributed by atoms with van der Waals surface area (Å²) in [6.45, 7) is 6.63. The van der Waals surface area contributed by atoms with Gasteiger partial charge in [0, 0.05) is 36.8 Å². The summed E-state index contributed by atoms with van der Waals surface area (Å²) >= 11 is 0. The molecule has 0 atom stereocenters. The molecule has 0 unspecified atom stereocenters. The van der Waals surface area contributed by atoms with Crippen LogP contribution < -0.4 is 4.74 Å². The molecule has 0 aliphatic rings. The lowest BCUT2D eigenvalue weighted by molar-refractivity contribution is 0.0675. The second kappa shape index (κ2) is 11.6. The van der Waals surface area contributed by atoms with Crippen molar-refractivity contribution in [2.45, 2.75) is 43.1 Å². The summed E-state index contributed by atoms with van der Waals surface area (Å²) in [5.41, 5.74) is -1.38. The Morgan fingerprint density at radius 3 is 2.44 bits per heavy atom. The Kier molecular flexibility index (Phi) is 8.56. The van der Waals surface area contributed by atoms with Gasteiger partial charge in [0.15, 0.2) is 21.3 Å². The van der Waals surface area contributed by atoms with Crippen LogP contribution in [0.15, 0.2) is 47.5 Å². The fraction of sp³-hybridized carbons (Fsp3) is 0.296. The van der Waals surface area contributed by atoms with Gasteiger partial charge >= 0.3 is 5.97 Å². The number of fused-ring (bicyclic) bond motifs is 1. The topological polar surface area (TPSA) is 121 Å². The maximum absolute atomic E-state index is 16.0. The molecule has 0 aliphatic heterocycles. The summed E-state index contributed by atoms with van der Waals surface area (Å²) in [7, 11) is -4.59. The molecule has 2 heterocycles.